The summed E-state index contributed by atoms with van der Waals surface area (Å²) in [6.07, 6.45) is 0. The van der Waals surface area contributed by atoms with E-state index in [2.05, 4.69) is 4.98 Å². The quantitative estimate of drug-likeness (QED) is 0.920. The molecule has 0 spiro atoms. The van der Waals surface area contributed by atoms with Gasteiger partial charge in [0.2, 0.25) is 11.7 Å². The highest BCUT2D eigenvalue weighted by Gasteiger charge is 2.24. The first kappa shape index (κ1) is 12.6. The monoisotopic (exact) mass is 267 g/mol. The van der Waals surface area contributed by atoms with Gasteiger partial charge in [0.25, 0.3) is 0 Å². The standard InChI is InChI=1S/C12H13NO4S/c1-6(2)8-9(12(14)15)17-11(13-8)10-7(16-3)4-5-18-10/h4-6H,1-3H3,(H,14,15). The number of carbonyl (C=O) groups is 1. The van der Waals surface area contributed by atoms with Gasteiger partial charge in [-0.15, -0.1) is 11.3 Å². The van der Waals surface area contributed by atoms with Crippen LogP contribution in [-0.2, 0) is 0 Å². The van der Waals surface area contributed by atoms with Gasteiger partial charge < -0.3 is 14.3 Å². The lowest BCUT2D eigenvalue weighted by Gasteiger charge is -1.98. The molecule has 2 rings (SSSR count). The molecule has 6 heteroatoms. The van der Waals surface area contributed by atoms with Gasteiger partial charge >= 0.3 is 5.97 Å². The van der Waals surface area contributed by atoms with Crippen molar-refractivity contribution in [1.82, 2.24) is 4.98 Å². The van der Waals surface area contributed by atoms with Gasteiger partial charge in [0.05, 0.1) is 12.8 Å². The van der Waals surface area contributed by atoms with Crippen LogP contribution < -0.4 is 4.74 Å². The predicted octanol–water partition coefficient (Wildman–Crippen LogP) is 3.23. The summed E-state index contributed by atoms with van der Waals surface area (Å²) < 4.78 is 10.5. The first-order valence-corrected chi connectivity index (χ1v) is 6.28. The number of hydrogen-bond acceptors (Lipinski definition) is 5. The predicted molar refractivity (Wildman–Crippen MR) is 67.4 cm³/mol. The van der Waals surface area contributed by atoms with Crippen molar-refractivity contribution in [3.8, 4) is 16.5 Å². The van der Waals surface area contributed by atoms with Crippen molar-refractivity contribution in [2.24, 2.45) is 0 Å². The molecule has 0 aliphatic heterocycles. The first-order valence-electron chi connectivity index (χ1n) is 5.40. The van der Waals surface area contributed by atoms with Crippen LogP contribution in [0.25, 0.3) is 10.8 Å². The Kier molecular flexibility index (Phi) is 3.38. The molecular weight excluding hydrogens is 254 g/mol. The maximum atomic E-state index is 11.1. The van der Waals surface area contributed by atoms with Gasteiger partial charge in [0.15, 0.2) is 0 Å². The third-order valence-corrected chi connectivity index (χ3v) is 3.32. The van der Waals surface area contributed by atoms with Crippen LogP contribution >= 0.6 is 11.3 Å². The van der Waals surface area contributed by atoms with E-state index >= 15 is 0 Å². The van der Waals surface area contributed by atoms with E-state index in [-0.39, 0.29) is 11.7 Å². The summed E-state index contributed by atoms with van der Waals surface area (Å²) in [4.78, 5) is 16.1. The molecule has 0 saturated carbocycles. The minimum Gasteiger partial charge on any atom is -0.495 e. The zero-order chi connectivity index (χ0) is 13.3. The first-order chi connectivity index (χ1) is 8.54. The molecule has 18 heavy (non-hydrogen) atoms. The number of nitrogens with zero attached hydrogens (tertiary/aromatic N) is 1. The van der Waals surface area contributed by atoms with Crippen molar-refractivity contribution in [2.75, 3.05) is 7.11 Å². The number of carboxylic acids is 1. The number of ether oxygens (including phenoxy) is 1. The van der Waals surface area contributed by atoms with Gasteiger partial charge in [-0.1, -0.05) is 13.8 Å². The van der Waals surface area contributed by atoms with E-state index in [0.717, 1.165) is 0 Å². The van der Waals surface area contributed by atoms with Gasteiger partial charge in [0, 0.05) is 0 Å². The van der Waals surface area contributed by atoms with E-state index in [1.54, 1.807) is 13.2 Å². The van der Waals surface area contributed by atoms with Crippen LogP contribution in [0.2, 0.25) is 0 Å². The number of hydrogen-bond donors (Lipinski definition) is 1. The highest BCUT2D eigenvalue weighted by Crippen LogP contribution is 2.36. The van der Waals surface area contributed by atoms with Gasteiger partial charge in [-0.3, -0.25) is 0 Å². The molecule has 5 nitrogen and oxygen atoms in total. The average molecular weight is 267 g/mol. The maximum Gasteiger partial charge on any atom is 0.373 e. The summed E-state index contributed by atoms with van der Waals surface area (Å²) in [5.41, 5.74) is 0.452. The highest BCUT2D eigenvalue weighted by molar-refractivity contribution is 7.13. The Hall–Kier alpha value is -1.82. The molecule has 0 unspecified atom stereocenters. The van der Waals surface area contributed by atoms with Crippen molar-refractivity contribution >= 4 is 17.3 Å². The Morgan fingerprint density at radius 1 is 1.56 bits per heavy atom. The lowest BCUT2D eigenvalue weighted by molar-refractivity contribution is 0.0661. The second-order valence-corrected chi connectivity index (χ2v) is 4.93. The summed E-state index contributed by atoms with van der Waals surface area (Å²) in [6.45, 7) is 3.75. The molecule has 0 saturated heterocycles. The highest BCUT2D eigenvalue weighted by atomic mass is 32.1. The molecular formula is C12H13NO4S. The molecule has 0 fully saturated rings. The summed E-state index contributed by atoms with van der Waals surface area (Å²) in [5.74, 6) is -0.292. The van der Waals surface area contributed by atoms with Crippen molar-refractivity contribution in [3.05, 3.63) is 22.9 Å². The molecule has 2 aromatic rings. The summed E-state index contributed by atoms with van der Waals surface area (Å²) in [5, 5.41) is 10.9. The van der Waals surface area contributed by atoms with E-state index < -0.39 is 5.97 Å². The van der Waals surface area contributed by atoms with E-state index in [9.17, 15) is 4.79 Å². The van der Waals surface area contributed by atoms with E-state index in [1.807, 2.05) is 19.2 Å². The number of aromatic nitrogens is 1. The van der Waals surface area contributed by atoms with Crippen LogP contribution in [-0.4, -0.2) is 23.2 Å². The fourth-order valence-corrected chi connectivity index (χ4v) is 2.37. The molecule has 2 heterocycles. The number of aromatic carboxylic acids is 1. The lowest BCUT2D eigenvalue weighted by atomic mass is 10.1. The second-order valence-electron chi connectivity index (χ2n) is 4.01. The largest absolute Gasteiger partial charge is 0.495 e. The van der Waals surface area contributed by atoms with Crippen LogP contribution in [0.3, 0.4) is 0 Å². The topological polar surface area (TPSA) is 72.6 Å². The molecule has 1 N–H and O–H groups in total. The van der Waals surface area contributed by atoms with E-state index in [1.165, 1.54) is 11.3 Å². The molecule has 0 aromatic carbocycles. The smallest absolute Gasteiger partial charge is 0.373 e. The Morgan fingerprint density at radius 3 is 2.78 bits per heavy atom. The van der Waals surface area contributed by atoms with Crippen LogP contribution in [0.1, 0.15) is 36.0 Å². The number of rotatable bonds is 4. The Labute approximate surface area is 108 Å². The summed E-state index contributed by atoms with van der Waals surface area (Å²) in [6, 6.07) is 1.79. The Morgan fingerprint density at radius 2 is 2.28 bits per heavy atom. The maximum absolute atomic E-state index is 11.1. The molecule has 0 aliphatic rings. The minimum atomic E-state index is -1.10. The lowest BCUT2D eigenvalue weighted by Crippen LogP contribution is -2.01. The van der Waals surface area contributed by atoms with Gasteiger partial charge in [0.1, 0.15) is 10.6 Å². The van der Waals surface area contributed by atoms with Gasteiger partial charge in [-0.2, -0.15) is 0 Å². The molecule has 0 amide bonds. The molecule has 0 atom stereocenters. The second kappa shape index (κ2) is 4.81. The van der Waals surface area contributed by atoms with Gasteiger partial charge in [-0.25, -0.2) is 9.78 Å². The van der Waals surface area contributed by atoms with Crippen LogP contribution in [0.15, 0.2) is 15.9 Å². The van der Waals surface area contributed by atoms with Crippen LogP contribution in [0.5, 0.6) is 5.75 Å². The Bertz CT molecular complexity index is 570. The van der Waals surface area contributed by atoms with Gasteiger partial charge in [-0.05, 0) is 17.4 Å². The normalized spacial score (nSPS) is 10.9. The molecule has 96 valence electrons. The Balaban J connectivity index is 2.53. The third-order valence-electron chi connectivity index (χ3n) is 2.44. The van der Waals surface area contributed by atoms with Crippen molar-refractivity contribution in [1.29, 1.82) is 0 Å². The third kappa shape index (κ3) is 2.11. The van der Waals surface area contributed by atoms with Crippen LogP contribution in [0.4, 0.5) is 0 Å². The fourth-order valence-electron chi connectivity index (χ4n) is 1.59. The zero-order valence-corrected chi connectivity index (χ0v) is 11.1. The zero-order valence-electron chi connectivity index (χ0n) is 10.3. The minimum absolute atomic E-state index is 0.0143. The van der Waals surface area contributed by atoms with Crippen molar-refractivity contribution in [2.45, 2.75) is 19.8 Å². The molecule has 0 radical (unpaired) electrons. The number of carboxylic acid groups (broad SMARTS) is 1. The number of oxazole rings is 1. The molecule has 2 aromatic heterocycles. The summed E-state index contributed by atoms with van der Waals surface area (Å²) in [7, 11) is 1.55. The van der Waals surface area contributed by atoms with E-state index in [4.69, 9.17) is 14.3 Å². The number of thiophene rings is 1. The van der Waals surface area contributed by atoms with E-state index in [0.29, 0.717) is 22.2 Å². The average Bonchev–Trinajstić information content (AvgIpc) is 2.94. The fraction of sp³-hybridized carbons (Fsp3) is 0.333. The van der Waals surface area contributed by atoms with Crippen molar-refractivity contribution < 1.29 is 19.1 Å². The number of methoxy groups -OCH3 is 1. The SMILES string of the molecule is COc1ccsc1-c1nc(C(C)C)c(C(=O)O)o1. The summed E-state index contributed by atoms with van der Waals surface area (Å²) >= 11 is 1.40. The van der Waals surface area contributed by atoms with Crippen molar-refractivity contribution in [3.63, 3.8) is 0 Å². The van der Waals surface area contributed by atoms with Crippen LogP contribution in [0, 0.1) is 0 Å². The molecule has 0 aliphatic carbocycles. The molecule has 0 bridgehead atoms.